The maximum atomic E-state index is 12.5. The van der Waals surface area contributed by atoms with Gasteiger partial charge in [-0.05, 0) is 65.7 Å². The van der Waals surface area contributed by atoms with Gasteiger partial charge in [-0.3, -0.25) is 0 Å². The number of methoxy groups -OCH3 is 1. The minimum atomic E-state index is -0.584. The van der Waals surface area contributed by atoms with Gasteiger partial charge in [0.05, 0.1) is 18.6 Å². The third-order valence-corrected chi connectivity index (χ3v) is 4.13. The largest absolute Gasteiger partial charge is 0.492 e. The normalized spacial score (nSPS) is 11.6. The second-order valence-electron chi connectivity index (χ2n) is 7.23. The van der Waals surface area contributed by atoms with Crippen molar-refractivity contribution in [2.24, 2.45) is 0 Å². The molecule has 5 heteroatoms. The zero-order valence-corrected chi connectivity index (χ0v) is 17.6. The smallest absolute Gasteiger partial charge is 0.383 e. The number of para-hydroxylation sites is 1. The van der Waals surface area contributed by atoms with Crippen molar-refractivity contribution in [3.8, 4) is 17.2 Å². The van der Waals surface area contributed by atoms with Crippen LogP contribution in [-0.4, -0.2) is 19.8 Å². The Hall–Kier alpha value is -2.69. The SMILES string of the molecule is COc1c(OC/C=C(\C)CCC=C(C)C)c(=O)oc2c(OC(C)C)cccc12. The van der Waals surface area contributed by atoms with Crippen LogP contribution in [0.1, 0.15) is 47.5 Å². The molecule has 0 aliphatic carbocycles. The molecule has 0 atom stereocenters. The highest BCUT2D eigenvalue weighted by molar-refractivity contribution is 5.89. The molecule has 152 valence electrons. The van der Waals surface area contributed by atoms with Gasteiger partial charge in [-0.25, -0.2) is 4.79 Å². The molecular weight excluding hydrogens is 356 g/mol. The van der Waals surface area contributed by atoms with Gasteiger partial charge < -0.3 is 18.6 Å². The molecule has 0 saturated heterocycles. The van der Waals surface area contributed by atoms with E-state index in [9.17, 15) is 4.79 Å². The van der Waals surface area contributed by atoms with Gasteiger partial charge in [0.2, 0.25) is 5.75 Å². The van der Waals surface area contributed by atoms with Gasteiger partial charge in [-0.15, -0.1) is 0 Å². The first-order valence-corrected chi connectivity index (χ1v) is 9.55. The highest BCUT2D eigenvalue weighted by Crippen LogP contribution is 2.36. The van der Waals surface area contributed by atoms with Crippen molar-refractivity contribution >= 4 is 11.0 Å². The number of hydrogen-bond acceptors (Lipinski definition) is 5. The Kier molecular flexibility index (Phi) is 7.73. The molecule has 0 amide bonds. The molecule has 0 spiro atoms. The lowest BCUT2D eigenvalue weighted by Crippen LogP contribution is -2.11. The number of benzene rings is 1. The van der Waals surface area contributed by atoms with E-state index < -0.39 is 5.63 Å². The summed E-state index contributed by atoms with van der Waals surface area (Å²) in [5.74, 6) is 0.936. The van der Waals surface area contributed by atoms with E-state index in [1.807, 2.05) is 32.1 Å². The molecule has 0 N–H and O–H groups in total. The summed E-state index contributed by atoms with van der Waals surface area (Å²) >= 11 is 0. The topological polar surface area (TPSA) is 57.9 Å². The van der Waals surface area contributed by atoms with Crippen LogP contribution in [0.2, 0.25) is 0 Å². The number of allylic oxidation sites excluding steroid dienone is 3. The van der Waals surface area contributed by atoms with E-state index in [1.165, 1.54) is 18.3 Å². The van der Waals surface area contributed by atoms with Crippen LogP contribution >= 0.6 is 0 Å². The van der Waals surface area contributed by atoms with Gasteiger partial charge in [0, 0.05) is 0 Å². The molecule has 1 aromatic carbocycles. The lowest BCUT2D eigenvalue weighted by Gasteiger charge is -2.14. The molecule has 2 aromatic rings. The van der Waals surface area contributed by atoms with Crippen molar-refractivity contribution in [2.45, 2.75) is 53.6 Å². The molecule has 1 heterocycles. The van der Waals surface area contributed by atoms with Crippen molar-refractivity contribution in [2.75, 3.05) is 13.7 Å². The summed E-state index contributed by atoms with van der Waals surface area (Å²) < 4.78 is 22.4. The van der Waals surface area contributed by atoms with Crippen molar-refractivity contribution in [1.29, 1.82) is 0 Å². The molecule has 0 aliphatic heterocycles. The van der Waals surface area contributed by atoms with Gasteiger partial charge >= 0.3 is 5.63 Å². The second kappa shape index (κ2) is 10.0. The molecule has 1 aromatic heterocycles. The number of rotatable bonds is 9. The standard InChI is InChI=1S/C23H30O5/c1-15(2)9-7-10-17(5)13-14-26-22-21(25-6)18-11-8-12-19(27-16(3)4)20(18)28-23(22)24/h8-9,11-13,16H,7,10,14H2,1-6H3/b17-13+. The first kappa shape index (κ1) is 21.6. The average molecular weight is 386 g/mol. The van der Waals surface area contributed by atoms with E-state index in [4.69, 9.17) is 18.6 Å². The first-order chi connectivity index (χ1) is 13.3. The van der Waals surface area contributed by atoms with E-state index in [-0.39, 0.29) is 18.5 Å². The van der Waals surface area contributed by atoms with Gasteiger partial charge in [0.1, 0.15) is 6.61 Å². The van der Waals surface area contributed by atoms with E-state index in [2.05, 4.69) is 26.8 Å². The minimum Gasteiger partial charge on any atom is -0.492 e. The minimum absolute atomic E-state index is 0.0442. The Morgan fingerprint density at radius 1 is 1.14 bits per heavy atom. The van der Waals surface area contributed by atoms with Crippen LogP contribution in [0.5, 0.6) is 17.2 Å². The third kappa shape index (κ3) is 5.65. The summed E-state index contributed by atoms with van der Waals surface area (Å²) in [5, 5.41) is 0.638. The second-order valence-corrected chi connectivity index (χ2v) is 7.23. The van der Waals surface area contributed by atoms with Crippen LogP contribution in [-0.2, 0) is 0 Å². The number of hydrogen-bond donors (Lipinski definition) is 0. The zero-order chi connectivity index (χ0) is 20.7. The van der Waals surface area contributed by atoms with Crippen LogP contribution in [0.25, 0.3) is 11.0 Å². The molecular formula is C23H30O5. The van der Waals surface area contributed by atoms with Crippen LogP contribution in [0.3, 0.4) is 0 Å². The van der Waals surface area contributed by atoms with Crippen LogP contribution in [0.15, 0.2) is 50.7 Å². The van der Waals surface area contributed by atoms with Gasteiger partial charge in [0.25, 0.3) is 0 Å². The number of fused-ring (bicyclic) bond motifs is 1. The van der Waals surface area contributed by atoms with Crippen molar-refractivity contribution < 1.29 is 18.6 Å². The van der Waals surface area contributed by atoms with Crippen LogP contribution in [0.4, 0.5) is 0 Å². The third-order valence-electron chi connectivity index (χ3n) is 4.13. The molecule has 0 unspecified atom stereocenters. The van der Waals surface area contributed by atoms with Crippen LogP contribution in [0, 0.1) is 0 Å². The summed E-state index contributed by atoms with van der Waals surface area (Å²) in [7, 11) is 1.51. The van der Waals surface area contributed by atoms with E-state index in [0.29, 0.717) is 22.5 Å². The monoisotopic (exact) mass is 386 g/mol. The van der Waals surface area contributed by atoms with Crippen molar-refractivity contribution in [1.82, 2.24) is 0 Å². The summed E-state index contributed by atoms with van der Waals surface area (Å²) in [5.41, 5.74) is 2.29. The maximum Gasteiger partial charge on any atom is 0.383 e. The molecule has 0 aliphatic rings. The molecule has 0 bridgehead atoms. The lowest BCUT2D eigenvalue weighted by atomic mass is 10.1. The van der Waals surface area contributed by atoms with E-state index in [0.717, 1.165) is 12.8 Å². The highest BCUT2D eigenvalue weighted by Gasteiger charge is 2.19. The fourth-order valence-electron chi connectivity index (χ4n) is 2.79. The molecule has 0 saturated carbocycles. The Labute approximate surface area is 166 Å². The van der Waals surface area contributed by atoms with Crippen molar-refractivity contribution in [3.05, 3.63) is 51.9 Å². The fraction of sp³-hybridized carbons (Fsp3) is 0.435. The maximum absolute atomic E-state index is 12.5. The Bertz CT molecular complexity index is 914. The fourth-order valence-corrected chi connectivity index (χ4v) is 2.79. The van der Waals surface area contributed by atoms with Crippen LogP contribution < -0.4 is 19.8 Å². The molecule has 0 radical (unpaired) electrons. The molecule has 0 fully saturated rings. The Morgan fingerprint density at radius 3 is 2.54 bits per heavy atom. The van der Waals surface area contributed by atoms with Gasteiger partial charge in [-0.1, -0.05) is 23.3 Å². The highest BCUT2D eigenvalue weighted by atomic mass is 16.5. The molecule has 2 rings (SSSR count). The van der Waals surface area contributed by atoms with E-state index >= 15 is 0 Å². The zero-order valence-electron chi connectivity index (χ0n) is 17.6. The summed E-state index contributed by atoms with van der Waals surface area (Å²) in [4.78, 5) is 12.5. The summed E-state index contributed by atoms with van der Waals surface area (Å²) in [6.07, 6.45) is 6.08. The number of ether oxygens (including phenoxy) is 3. The predicted molar refractivity (Wildman–Crippen MR) is 113 cm³/mol. The van der Waals surface area contributed by atoms with Gasteiger partial charge in [0.15, 0.2) is 17.1 Å². The predicted octanol–water partition coefficient (Wildman–Crippen LogP) is 5.66. The van der Waals surface area contributed by atoms with E-state index in [1.54, 1.807) is 6.07 Å². The molecule has 5 nitrogen and oxygen atoms in total. The lowest BCUT2D eigenvalue weighted by molar-refractivity contribution is 0.240. The first-order valence-electron chi connectivity index (χ1n) is 9.55. The quantitative estimate of drug-likeness (QED) is 0.411. The summed E-state index contributed by atoms with van der Waals surface area (Å²) in [6.45, 7) is 10.3. The summed E-state index contributed by atoms with van der Waals surface area (Å²) in [6, 6.07) is 5.42. The average Bonchev–Trinajstić information content (AvgIpc) is 2.62. The Balaban J connectivity index is 2.27. The Morgan fingerprint density at radius 2 is 1.89 bits per heavy atom. The van der Waals surface area contributed by atoms with Gasteiger partial charge in [-0.2, -0.15) is 0 Å². The van der Waals surface area contributed by atoms with Crippen molar-refractivity contribution in [3.63, 3.8) is 0 Å². The molecule has 28 heavy (non-hydrogen) atoms.